The number of hydrogen-bond donors (Lipinski definition) is 3. The highest BCUT2D eigenvalue weighted by Gasteiger charge is 2.44. The number of anilines is 1. The standard InChI is InChI=1S/C55H40N6O3/c62-61(63)38-23-21-37(22-24-38)51-39-31-32-64-55(39)50-52-48(35-17-9-3-10-18-35)44-29-27-42(57-44)46(33-13-5-1-6-14-33)40-25-26-41(56-40)47(34-15-7-2-8-16-34)43-28-30-45(58-43)49(36-19-11-4-12-20-36)53(60-52)54(50)59-51/h1-30,39,51,55-56,59-60H,31-32H2/t39-,51-,55-/m1/s1. The van der Waals surface area contributed by atoms with Gasteiger partial charge in [-0.15, -0.1) is 0 Å². The third-order valence-electron chi connectivity index (χ3n) is 12.9. The van der Waals surface area contributed by atoms with Crippen molar-refractivity contribution in [1.29, 1.82) is 0 Å². The van der Waals surface area contributed by atoms with Crippen molar-refractivity contribution in [3.8, 4) is 44.5 Å². The Labute approximate surface area is 368 Å². The molecule has 1 saturated heterocycles. The van der Waals surface area contributed by atoms with Crippen molar-refractivity contribution in [2.45, 2.75) is 18.6 Å². The predicted molar refractivity (Wildman–Crippen MR) is 257 cm³/mol. The molecule has 4 aliphatic rings. The Hall–Kier alpha value is -8.14. The number of fused-ring (bicyclic) bond motifs is 13. The van der Waals surface area contributed by atoms with E-state index in [2.05, 4.69) is 149 Å². The normalized spacial score (nSPS) is 17.2. The first-order chi connectivity index (χ1) is 31.6. The molecule has 9 heteroatoms. The van der Waals surface area contributed by atoms with E-state index in [1.54, 1.807) is 12.1 Å². The summed E-state index contributed by atoms with van der Waals surface area (Å²) in [7, 11) is 0. The fourth-order valence-corrected chi connectivity index (χ4v) is 10.1. The van der Waals surface area contributed by atoms with E-state index in [4.69, 9.17) is 14.7 Å². The molecule has 5 aromatic carbocycles. The zero-order valence-corrected chi connectivity index (χ0v) is 34.5. The van der Waals surface area contributed by atoms with E-state index in [1.165, 1.54) is 0 Å². The number of hydrogen-bond acceptors (Lipinski definition) is 6. The van der Waals surface area contributed by atoms with Crippen molar-refractivity contribution in [2.75, 3.05) is 11.9 Å². The van der Waals surface area contributed by atoms with Gasteiger partial charge in [0.05, 0.1) is 56.6 Å². The van der Waals surface area contributed by atoms with Crippen molar-refractivity contribution >= 4 is 57.7 Å². The number of ether oxygens (including phenoxy) is 1. The summed E-state index contributed by atoms with van der Waals surface area (Å²) in [6, 6.07) is 52.8. The fourth-order valence-electron chi connectivity index (χ4n) is 10.1. The zero-order chi connectivity index (χ0) is 42.7. The van der Waals surface area contributed by atoms with E-state index in [0.717, 1.165) is 113 Å². The molecule has 0 amide bonds. The van der Waals surface area contributed by atoms with Crippen LogP contribution < -0.4 is 5.32 Å². The Kier molecular flexibility index (Phi) is 9.01. The number of H-pyrrole nitrogens is 2. The van der Waals surface area contributed by atoms with E-state index >= 15 is 0 Å². The molecular formula is C55H40N6O3. The summed E-state index contributed by atoms with van der Waals surface area (Å²) in [5.41, 5.74) is 17.9. The zero-order valence-electron chi connectivity index (χ0n) is 34.5. The summed E-state index contributed by atoms with van der Waals surface area (Å²) in [5.74, 6) is 0.0392. The molecule has 8 aromatic rings. The number of nitro benzene ring substituents is 1. The summed E-state index contributed by atoms with van der Waals surface area (Å²) in [6.45, 7) is 0.577. The molecule has 0 unspecified atom stereocenters. The predicted octanol–water partition coefficient (Wildman–Crippen LogP) is 13.5. The van der Waals surface area contributed by atoms with Gasteiger partial charge in [-0.25, -0.2) is 9.97 Å². The van der Waals surface area contributed by atoms with Gasteiger partial charge in [-0.3, -0.25) is 10.1 Å². The van der Waals surface area contributed by atoms with Crippen LogP contribution in [0.1, 0.15) is 52.5 Å². The Morgan fingerprint density at radius 3 is 1.47 bits per heavy atom. The Bertz CT molecular complexity index is 3360. The average molecular weight is 833 g/mol. The molecule has 7 heterocycles. The number of aromatic amines is 2. The maximum absolute atomic E-state index is 11.8. The number of nitrogens with one attached hydrogen (secondary N) is 3. The molecule has 308 valence electrons. The van der Waals surface area contributed by atoms with Crippen LogP contribution in [0.2, 0.25) is 0 Å². The van der Waals surface area contributed by atoms with Crippen LogP contribution in [0, 0.1) is 16.0 Å². The summed E-state index contributed by atoms with van der Waals surface area (Å²) >= 11 is 0. The van der Waals surface area contributed by atoms with Crippen molar-refractivity contribution < 1.29 is 9.66 Å². The molecule has 12 rings (SSSR count). The Morgan fingerprint density at radius 1 is 0.531 bits per heavy atom. The molecule has 0 radical (unpaired) electrons. The first-order valence-electron chi connectivity index (χ1n) is 21.6. The van der Waals surface area contributed by atoms with Gasteiger partial charge in [-0.1, -0.05) is 133 Å². The van der Waals surface area contributed by atoms with Crippen LogP contribution >= 0.6 is 0 Å². The summed E-state index contributed by atoms with van der Waals surface area (Å²) in [4.78, 5) is 30.4. The summed E-state index contributed by atoms with van der Waals surface area (Å²) in [6.07, 6.45) is 9.01. The lowest BCUT2D eigenvalue weighted by Crippen LogP contribution is -2.28. The molecule has 1 fully saturated rings. The fraction of sp³-hybridized carbons (Fsp3) is 0.0909. The second-order valence-electron chi connectivity index (χ2n) is 16.6. The van der Waals surface area contributed by atoms with Crippen LogP contribution in [0.3, 0.4) is 0 Å². The Morgan fingerprint density at radius 2 is 0.984 bits per heavy atom. The minimum Gasteiger partial charge on any atom is -0.376 e. The Balaban J connectivity index is 1.27. The lowest BCUT2D eigenvalue weighted by atomic mass is 9.80. The topological polar surface area (TPSA) is 122 Å². The molecule has 0 spiro atoms. The molecule has 64 heavy (non-hydrogen) atoms. The van der Waals surface area contributed by atoms with Crippen LogP contribution in [0.4, 0.5) is 11.4 Å². The smallest absolute Gasteiger partial charge is 0.269 e. The van der Waals surface area contributed by atoms with Gasteiger partial charge in [0.15, 0.2) is 0 Å². The lowest BCUT2D eigenvalue weighted by molar-refractivity contribution is -0.384. The van der Waals surface area contributed by atoms with Gasteiger partial charge in [-0.05, 0) is 70.7 Å². The monoisotopic (exact) mass is 832 g/mol. The largest absolute Gasteiger partial charge is 0.376 e. The lowest BCUT2D eigenvalue weighted by Gasteiger charge is -2.35. The molecule has 0 saturated carbocycles. The number of benzene rings is 5. The minimum atomic E-state index is -0.350. The SMILES string of the molecule is O=[N+]([O-])c1ccc([C@H]2Nc3c(c4[nH]c3c(-c3ccccc3)c3nc(c(-c5ccccc5)c5ccc([nH]5)c(-c5ccccc5)c5nc(c4-c4ccccc4)C=C5)C=C3)[C@@H]3OCC[C@H]23)cc1. The van der Waals surface area contributed by atoms with Gasteiger partial charge in [0.25, 0.3) is 5.69 Å². The molecule has 8 bridgehead atoms. The van der Waals surface area contributed by atoms with E-state index in [9.17, 15) is 10.1 Å². The van der Waals surface area contributed by atoms with Gasteiger partial charge in [-0.2, -0.15) is 0 Å². The summed E-state index contributed by atoms with van der Waals surface area (Å²) < 4.78 is 6.85. The third kappa shape index (κ3) is 6.28. The third-order valence-corrected chi connectivity index (χ3v) is 12.9. The average Bonchev–Trinajstić information content (AvgIpc) is 4.21. The number of non-ortho nitro benzene ring substituents is 1. The molecule has 4 aliphatic heterocycles. The number of rotatable bonds is 6. The van der Waals surface area contributed by atoms with Gasteiger partial charge < -0.3 is 20.0 Å². The van der Waals surface area contributed by atoms with Gasteiger partial charge in [0, 0.05) is 63.5 Å². The second kappa shape index (κ2) is 15.3. The van der Waals surface area contributed by atoms with Crippen LogP contribution in [0.15, 0.2) is 158 Å². The van der Waals surface area contributed by atoms with E-state index in [-0.39, 0.29) is 28.7 Å². The van der Waals surface area contributed by atoms with Gasteiger partial charge in [0.1, 0.15) is 0 Å². The van der Waals surface area contributed by atoms with Crippen molar-refractivity contribution in [2.24, 2.45) is 5.92 Å². The van der Waals surface area contributed by atoms with Crippen molar-refractivity contribution in [3.05, 3.63) is 202 Å². The van der Waals surface area contributed by atoms with Gasteiger partial charge in [0.2, 0.25) is 0 Å². The van der Waals surface area contributed by atoms with Crippen LogP contribution in [0.25, 0.3) is 90.9 Å². The molecule has 3 N–H and O–H groups in total. The molecule has 3 aromatic heterocycles. The molecule has 9 nitrogen and oxygen atoms in total. The van der Waals surface area contributed by atoms with Crippen LogP contribution in [0.5, 0.6) is 0 Å². The van der Waals surface area contributed by atoms with E-state index in [1.807, 2.05) is 36.4 Å². The number of nitrogens with zero attached hydrogens (tertiary/aromatic N) is 3. The maximum Gasteiger partial charge on any atom is 0.269 e. The van der Waals surface area contributed by atoms with Gasteiger partial charge >= 0.3 is 0 Å². The molecular weight excluding hydrogens is 793 g/mol. The maximum atomic E-state index is 11.8. The second-order valence-corrected chi connectivity index (χ2v) is 16.6. The highest BCUT2D eigenvalue weighted by Crippen LogP contribution is 2.55. The first kappa shape index (κ1) is 37.6. The molecule has 3 atom stereocenters. The number of aromatic nitrogens is 4. The molecule has 0 aliphatic carbocycles. The minimum absolute atomic E-state index is 0.0392. The number of nitro groups is 1. The first-order valence-corrected chi connectivity index (χ1v) is 21.6. The quantitative estimate of drug-likeness (QED) is 0.113. The highest BCUT2D eigenvalue weighted by atomic mass is 16.6. The highest BCUT2D eigenvalue weighted by molar-refractivity contribution is 6.05. The van der Waals surface area contributed by atoms with Crippen LogP contribution in [-0.4, -0.2) is 31.5 Å². The van der Waals surface area contributed by atoms with E-state index < -0.39 is 0 Å². The van der Waals surface area contributed by atoms with E-state index in [0.29, 0.717) is 6.61 Å². The van der Waals surface area contributed by atoms with Crippen molar-refractivity contribution in [1.82, 2.24) is 19.9 Å². The summed E-state index contributed by atoms with van der Waals surface area (Å²) in [5, 5.41) is 15.8. The van der Waals surface area contributed by atoms with Crippen molar-refractivity contribution in [3.63, 3.8) is 0 Å². The van der Waals surface area contributed by atoms with Crippen LogP contribution in [-0.2, 0) is 4.74 Å².